The number of anilines is 2. The Morgan fingerprint density at radius 3 is 2.45 bits per heavy atom. The molecule has 0 bridgehead atoms. The molecule has 10 heteroatoms. The summed E-state index contributed by atoms with van der Waals surface area (Å²) in [6.45, 7) is 1.82. The summed E-state index contributed by atoms with van der Waals surface area (Å²) in [5.41, 5.74) is 1.10. The van der Waals surface area contributed by atoms with Crippen LogP contribution >= 0.6 is 11.3 Å². The molecule has 0 aliphatic rings. The third-order valence-corrected chi connectivity index (χ3v) is 6.16. The van der Waals surface area contributed by atoms with Crippen molar-refractivity contribution < 1.29 is 22.7 Å². The zero-order valence-electron chi connectivity index (χ0n) is 15.9. The van der Waals surface area contributed by atoms with Crippen molar-refractivity contribution in [2.75, 3.05) is 24.3 Å². The van der Waals surface area contributed by atoms with Gasteiger partial charge in [-0.05, 0) is 31.2 Å². The molecule has 0 radical (unpaired) electrons. The molecule has 1 amide bonds. The number of ether oxygens (including phenoxy) is 2. The first kappa shape index (κ1) is 20.6. The fraction of sp³-hybridized carbons (Fsp3) is 0.158. The van der Waals surface area contributed by atoms with Gasteiger partial charge in [-0.25, -0.2) is 13.4 Å². The van der Waals surface area contributed by atoms with Crippen molar-refractivity contribution in [3.63, 3.8) is 0 Å². The highest BCUT2D eigenvalue weighted by Crippen LogP contribution is 2.30. The molecule has 0 aliphatic heterocycles. The average Bonchev–Trinajstić information content (AvgIpc) is 3.12. The number of carbonyl (C=O) groups is 1. The number of sulfonamides is 1. The van der Waals surface area contributed by atoms with Crippen LogP contribution in [0.1, 0.15) is 16.1 Å². The number of amides is 1. The van der Waals surface area contributed by atoms with Crippen LogP contribution in [0.15, 0.2) is 52.7 Å². The Balaban J connectivity index is 1.89. The first-order valence-corrected chi connectivity index (χ1v) is 10.8. The number of rotatable bonds is 7. The van der Waals surface area contributed by atoms with Crippen LogP contribution in [0.5, 0.6) is 11.5 Å². The molecule has 0 aliphatic carbocycles. The number of hydrogen-bond donors (Lipinski definition) is 2. The summed E-state index contributed by atoms with van der Waals surface area (Å²) < 4.78 is 38.5. The Morgan fingerprint density at radius 2 is 1.79 bits per heavy atom. The van der Waals surface area contributed by atoms with Crippen molar-refractivity contribution in [3.05, 3.63) is 59.1 Å². The Hall–Kier alpha value is -3.11. The minimum absolute atomic E-state index is 0.0269. The van der Waals surface area contributed by atoms with E-state index in [1.165, 1.54) is 55.9 Å². The second-order valence-electron chi connectivity index (χ2n) is 5.92. The summed E-state index contributed by atoms with van der Waals surface area (Å²) in [5.74, 6) is 0.218. The van der Waals surface area contributed by atoms with Crippen LogP contribution in [0.25, 0.3) is 0 Å². The SMILES string of the molecule is COc1ccc(S(=O)(=O)Nc2ccccc2C(=O)Nc2nc(C)cs2)cc1OC. The molecule has 0 saturated carbocycles. The van der Waals surface area contributed by atoms with Crippen molar-refractivity contribution in [2.45, 2.75) is 11.8 Å². The highest BCUT2D eigenvalue weighted by molar-refractivity contribution is 7.92. The van der Waals surface area contributed by atoms with E-state index < -0.39 is 15.9 Å². The van der Waals surface area contributed by atoms with Crippen LogP contribution in [0.4, 0.5) is 10.8 Å². The lowest BCUT2D eigenvalue weighted by atomic mass is 10.2. The van der Waals surface area contributed by atoms with Crippen molar-refractivity contribution in [1.82, 2.24) is 4.98 Å². The maximum Gasteiger partial charge on any atom is 0.262 e. The van der Waals surface area contributed by atoms with Gasteiger partial charge >= 0.3 is 0 Å². The fourth-order valence-electron chi connectivity index (χ4n) is 2.53. The second-order valence-corrected chi connectivity index (χ2v) is 8.46. The van der Waals surface area contributed by atoms with Gasteiger partial charge in [0.25, 0.3) is 15.9 Å². The lowest BCUT2D eigenvalue weighted by Gasteiger charge is -2.14. The molecule has 2 N–H and O–H groups in total. The summed E-state index contributed by atoms with van der Waals surface area (Å²) >= 11 is 1.29. The maximum atomic E-state index is 12.9. The number of benzene rings is 2. The van der Waals surface area contributed by atoms with Crippen LogP contribution < -0.4 is 19.5 Å². The Labute approximate surface area is 172 Å². The highest BCUT2D eigenvalue weighted by Gasteiger charge is 2.21. The standard InChI is InChI=1S/C19H19N3O5S2/c1-12-11-28-19(20-12)21-18(23)14-6-4-5-7-15(14)22-29(24,25)13-8-9-16(26-2)17(10-13)27-3/h4-11,22H,1-3H3,(H,20,21,23). The molecule has 152 valence electrons. The third kappa shape index (κ3) is 4.66. The number of carbonyl (C=O) groups excluding carboxylic acids is 1. The van der Waals surface area contributed by atoms with Gasteiger partial charge < -0.3 is 9.47 Å². The van der Waals surface area contributed by atoms with E-state index in [0.717, 1.165) is 5.69 Å². The van der Waals surface area contributed by atoms with Crippen LogP contribution in [0.2, 0.25) is 0 Å². The number of hydrogen-bond acceptors (Lipinski definition) is 7. The van der Waals surface area contributed by atoms with E-state index in [4.69, 9.17) is 9.47 Å². The predicted molar refractivity (Wildman–Crippen MR) is 112 cm³/mol. The quantitative estimate of drug-likeness (QED) is 0.590. The molecule has 1 aromatic heterocycles. The normalized spacial score (nSPS) is 11.0. The van der Waals surface area contributed by atoms with Crippen molar-refractivity contribution in [3.8, 4) is 11.5 Å². The molecule has 0 unspecified atom stereocenters. The predicted octanol–water partition coefficient (Wildman–Crippen LogP) is 3.52. The van der Waals surface area contributed by atoms with Gasteiger partial charge in [0.05, 0.1) is 36.1 Å². The van der Waals surface area contributed by atoms with E-state index >= 15 is 0 Å². The number of aryl methyl sites for hydroxylation is 1. The second kappa shape index (κ2) is 8.50. The lowest BCUT2D eigenvalue weighted by Crippen LogP contribution is -2.18. The molecule has 0 saturated heterocycles. The Bertz CT molecular complexity index is 1140. The number of nitrogens with one attached hydrogen (secondary N) is 2. The molecular weight excluding hydrogens is 414 g/mol. The number of thiazole rings is 1. The molecule has 1 heterocycles. The van der Waals surface area contributed by atoms with Gasteiger partial charge in [0.2, 0.25) is 0 Å². The number of aromatic nitrogens is 1. The highest BCUT2D eigenvalue weighted by atomic mass is 32.2. The Kier molecular flexibility index (Phi) is 6.04. The number of para-hydroxylation sites is 1. The zero-order valence-corrected chi connectivity index (χ0v) is 17.6. The molecular formula is C19H19N3O5S2. The van der Waals surface area contributed by atoms with Gasteiger partial charge in [-0.2, -0.15) is 0 Å². The van der Waals surface area contributed by atoms with E-state index in [-0.39, 0.29) is 21.9 Å². The van der Waals surface area contributed by atoms with Gasteiger partial charge in [0, 0.05) is 11.4 Å². The van der Waals surface area contributed by atoms with Crippen LogP contribution in [0, 0.1) is 6.92 Å². The van der Waals surface area contributed by atoms with Gasteiger partial charge in [-0.15, -0.1) is 11.3 Å². The molecule has 2 aromatic carbocycles. The maximum absolute atomic E-state index is 12.9. The largest absolute Gasteiger partial charge is 0.493 e. The molecule has 0 fully saturated rings. The van der Waals surface area contributed by atoms with E-state index in [9.17, 15) is 13.2 Å². The molecule has 3 rings (SSSR count). The zero-order chi connectivity index (χ0) is 21.0. The van der Waals surface area contributed by atoms with Crippen LogP contribution in [0.3, 0.4) is 0 Å². The molecule has 0 atom stereocenters. The summed E-state index contributed by atoms with van der Waals surface area (Å²) in [6.07, 6.45) is 0. The Morgan fingerprint density at radius 1 is 1.07 bits per heavy atom. The molecule has 0 spiro atoms. The van der Waals surface area contributed by atoms with E-state index in [2.05, 4.69) is 15.0 Å². The molecule has 8 nitrogen and oxygen atoms in total. The number of methoxy groups -OCH3 is 2. The topological polar surface area (TPSA) is 107 Å². The molecule has 29 heavy (non-hydrogen) atoms. The average molecular weight is 434 g/mol. The van der Waals surface area contributed by atoms with Gasteiger partial charge in [-0.3, -0.25) is 14.8 Å². The lowest BCUT2D eigenvalue weighted by molar-refractivity contribution is 0.102. The van der Waals surface area contributed by atoms with Crippen LogP contribution in [-0.2, 0) is 10.0 Å². The molecule has 3 aromatic rings. The summed E-state index contributed by atoms with van der Waals surface area (Å²) in [4.78, 5) is 16.8. The monoisotopic (exact) mass is 433 g/mol. The summed E-state index contributed by atoms with van der Waals surface area (Å²) in [6, 6.07) is 10.6. The third-order valence-electron chi connectivity index (χ3n) is 3.92. The van der Waals surface area contributed by atoms with Gasteiger partial charge in [0.1, 0.15) is 0 Å². The van der Waals surface area contributed by atoms with Gasteiger partial charge in [0.15, 0.2) is 16.6 Å². The van der Waals surface area contributed by atoms with Gasteiger partial charge in [-0.1, -0.05) is 12.1 Å². The smallest absolute Gasteiger partial charge is 0.262 e. The summed E-state index contributed by atoms with van der Waals surface area (Å²) in [5, 5.41) is 4.92. The van der Waals surface area contributed by atoms with Crippen molar-refractivity contribution in [2.24, 2.45) is 0 Å². The van der Waals surface area contributed by atoms with Crippen molar-refractivity contribution in [1.29, 1.82) is 0 Å². The minimum Gasteiger partial charge on any atom is -0.493 e. The summed E-state index contributed by atoms with van der Waals surface area (Å²) in [7, 11) is -1.09. The minimum atomic E-state index is -3.97. The fourth-order valence-corrected chi connectivity index (χ4v) is 4.31. The van der Waals surface area contributed by atoms with Crippen molar-refractivity contribution >= 4 is 38.1 Å². The van der Waals surface area contributed by atoms with Crippen LogP contribution in [-0.4, -0.2) is 33.5 Å². The van der Waals surface area contributed by atoms with E-state index in [1.54, 1.807) is 17.5 Å². The first-order chi connectivity index (χ1) is 13.8. The first-order valence-electron chi connectivity index (χ1n) is 8.41. The van der Waals surface area contributed by atoms with E-state index in [0.29, 0.717) is 10.9 Å². The number of nitrogens with zero attached hydrogens (tertiary/aromatic N) is 1. The van der Waals surface area contributed by atoms with E-state index in [1.807, 2.05) is 6.92 Å².